The van der Waals surface area contributed by atoms with Crippen molar-refractivity contribution < 1.29 is 18.3 Å². The molecule has 2 heterocycles. The Balaban J connectivity index is 2.04. The van der Waals surface area contributed by atoms with Gasteiger partial charge < -0.3 is 9.84 Å². The zero-order valence-electron chi connectivity index (χ0n) is 13.3. The van der Waals surface area contributed by atoms with Gasteiger partial charge in [0.05, 0.1) is 5.60 Å². The summed E-state index contributed by atoms with van der Waals surface area (Å²) in [5.41, 5.74) is -0.965. The van der Waals surface area contributed by atoms with Crippen LogP contribution in [0.5, 0.6) is 0 Å². The minimum absolute atomic E-state index is 0.137. The molecule has 2 unspecified atom stereocenters. The number of piperidine rings is 1. The first-order valence-electron chi connectivity index (χ1n) is 7.74. The number of hydrogen-bond donors (Lipinski definition) is 1. The van der Waals surface area contributed by atoms with E-state index in [0.29, 0.717) is 51.0 Å². The van der Waals surface area contributed by atoms with E-state index in [1.54, 1.807) is 11.4 Å². The second kappa shape index (κ2) is 6.50. The summed E-state index contributed by atoms with van der Waals surface area (Å²) in [7, 11) is -1.94. The predicted molar refractivity (Wildman–Crippen MR) is 81.1 cm³/mol. The highest BCUT2D eigenvalue weighted by atomic mass is 32.2. The third kappa shape index (κ3) is 4.16. The molecule has 6 nitrogen and oxygen atoms in total. The van der Waals surface area contributed by atoms with Gasteiger partial charge in [-0.1, -0.05) is 13.8 Å². The normalized spacial score (nSPS) is 31.5. The van der Waals surface area contributed by atoms with Crippen LogP contribution in [-0.2, 0) is 14.9 Å². The van der Waals surface area contributed by atoms with Crippen molar-refractivity contribution in [2.75, 3.05) is 39.9 Å². The first-order valence-corrected chi connectivity index (χ1v) is 9.14. The molecule has 0 amide bonds. The Hall–Kier alpha value is -0.210. The largest absolute Gasteiger partial charge is 0.388 e. The first-order chi connectivity index (χ1) is 9.73. The molecule has 7 heteroatoms. The van der Waals surface area contributed by atoms with Crippen LogP contribution in [0.3, 0.4) is 0 Å². The van der Waals surface area contributed by atoms with Gasteiger partial charge in [0.15, 0.2) is 0 Å². The summed E-state index contributed by atoms with van der Waals surface area (Å²) in [6.07, 6.45) is 2.04. The van der Waals surface area contributed by atoms with Crippen LogP contribution in [0.1, 0.15) is 33.1 Å². The van der Waals surface area contributed by atoms with Gasteiger partial charge in [-0.2, -0.15) is 17.0 Å². The number of likely N-dealkylation sites (N-methyl/N-ethyl adjacent to an activating group) is 1. The molecule has 0 aromatic heterocycles. The summed E-state index contributed by atoms with van der Waals surface area (Å²) < 4.78 is 33.5. The van der Waals surface area contributed by atoms with Crippen molar-refractivity contribution in [1.82, 2.24) is 8.61 Å². The maximum absolute atomic E-state index is 12.7. The van der Waals surface area contributed by atoms with Crippen molar-refractivity contribution in [3.05, 3.63) is 0 Å². The third-order valence-corrected chi connectivity index (χ3v) is 6.36. The van der Waals surface area contributed by atoms with Crippen LogP contribution in [0.25, 0.3) is 0 Å². The van der Waals surface area contributed by atoms with E-state index in [4.69, 9.17) is 4.74 Å². The molecule has 0 spiro atoms. The molecule has 2 atom stereocenters. The predicted octanol–water partition coefficient (Wildman–Crippen LogP) is 0.682. The second-order valence-electron chi connectivity index (χ2n) is 6.86. The Kier molecular flexibility index (Phi) is 5.31. The van der Waals surface area contributed by atoms with Crippen LogP contribution in [0, 0.1) is 11.8 Å². The van der Waals surface area contributed by atoms with Gasteiger partial charge in [0.2, 0.25) is 0 Å². The Morgan fingerprint density at radius 2 is 1.76 bits per heavy atom. The van der Waals surface area contributed by atoms with Crippen LogP contribution in [0.2, 0.25) is 0 Å². The van der Waals surface area contributed by atoms with Gasteiger partial charge in [0, 0.05) is 52.7 Å². The molecule has 0 aliphatic carbocycles. The monoisotopic (exact) mass is 320 g/mol. The van der Waals surface area contributed by atoms with E-state index >= 15 is 0 Å². The average Bonchev–Trinajstić information content (AvgIpc) is 2.37. The lowest BCUT2D eigenvalue weighted by molar-refractivity contribution is -0.0694. The van der Waals surface area contributed by atoms with Gasteiger partial charge in [-0.3, -0.25) is 0 Å². The van der Waals surface area contributed by atoms with Gasteiger partial charge in [-0.05, 0) is 18.3 Å². The zero-order chi connectivity index (χ0) is 15.7. The summed E-state index contributed by atoms with van der Waals surface area (Å²) in [4.78, 5) is 0. The molecule has 2 aliphatic heterocycles. The van der Waals surface area contributed by atoms with Gasteiger partial charge in [-0.25, -0.2) is 0 Å². The molecule has 21 heavy (non-hydrogen) atoms. The SMILES string of the molecule is CC1CC(C)CN(S(=O)(=O)N(C)CC2(O)CCOCC2)C1. The number of aliphatic hydroxyl groups is 1. The van der Waals surface area contributed by atoms with Crippen molar-refractivity contribution in [2.45, 2.75) is 38.7 Å². The minimum Gasteiger partial charge on any atom is -0.388 e. The van der Waals surface area contributed by atoms with Gasteiger partial charge in [0.1, 0.15) is 0 Å². The number of nitrogens with zero attached hydrogens (tertiary/aromatic N) is 2. The van der Waals surface area contributed by atoms with Crippen LogP contribution < -0.4 is 0 Å². The Morgan fingerprint density at radius 3 is 2.29 bits per heavy atom. The topological polar surface area (TPSA) is 70.1 Å². The van der Waals surface area contributed by atoms with E-state index in [1.807, 2.05) is 0 Å². The molecular weight excluding hydrogens is 292 g/mol. The highest BCUT2D eigenvalue weighted by Gasteiger charge is 2.38. The molecule has 2 saturated heterocycles. The third-order valence-electron chi connectivity index (χ3n) is 4.50. The number of ether oxygens (including phenoxy) is 1. The lowest BCUT2D eigenvalue weighted by Crippen LogP contribution is -2.53. The van der Waals surface area contributed by atoms with Gasteiger partial charge in [-0.15, -0.1) is 0 Å². The van der Waals surface area contributed by atoms with E-state index < -0.39 is 15.8 Å². The van der Waals surface area contributed by atoms with Crippen molar-refractivity contribution in [3.8, 4) is 0 Å². The summed E-state index contributed by atoms with van der Waals surface area (Å²) in [6, 6.07) is 0. The van der Waals surface area contributed by atoms with E-state index in [2.05, 4.69) is 13.8 Å². The molecule has 0 aromatic rings. The number of hydrogen-bond acceptors (Lipinski definition) is 4. The van der Waals surface area contributed by atoms with Gasteiger partial charge in [0.25, 0.3) is 10.2 Å². The van der Waals surface area contributed by atoms with E-state index in [0.717, 1.165) is 6.42 Å². The van der Waals surface area contributed by atoms with E-state index in [9.17, 15) is 13.5 Å². The highest BCUT2D eigenvalue weighted by molar-refractivity contribution is 7.86. The highest BCUT2D eigenvalue weighted by Crippen LogP contribution is 2.27. The molecule has 0 saturated carbocycles. The molecule has 0 radical (unpaired) electrons. The van der Waals surface area contributed by atoms with Crippen LogP contribution in [-0.4, -0.2) is 67.6 Å². The summed E-state index contributed by atoms with van der Waals surface area (Å²) in [6.45, 7) is 6.42. The maximum Gasteiger partial charge on any atom is 0.281 e. The van der Waals surface area contributed by atoms with Crippen molar-refractivity contribution in [1.29, 1.82) is 0 Å². The van der Waals surface area contributed by atoms with Gasteiger partial charge >= 0.3 is 0 Å². The van der Waals surface area contributed by atoms with Crippen molar-refractivity contribution in [2.24, 2.45) is 11.8 Å². The molecule has 0 bridgehead atoms. The van der Waals surface area contributed by atoms with Crippen LogP contribution >= 0.6 is 0 Å². The Labute approximate surface area is 128 Å². The summed E-state index contributed by atoms with van der Waals surface area (Å²) >= 11 is 0. The molecule has 2 rings (SSSR count). The lowest BCUT2D eigenvalue weighted by Gasteiger charge is -2.39. The quantitative estimate of drug-likeness (QED) is 0.827. The zero-order valence-corrected chi connectivity index (χ0v) is 14.1. The fourth-order valence-corrected chi connectivity index (χ4v) is 5.08. The summed E-state index contributed by atoms with van der Waals surface area (Å²) in [5.74, 6) is 0.756. The van der Waals surface area contributed by atoms with Crippen molar-refractivity contribution in [3.63, 3.8) is 0 Å². The van der Waals surface area contributed by atoms with E-state index in [-0.39, 0.29) is 6.54 Å². The Bertz CT molecular complexity index is 438. The second-order valence-corrected chi connectivity index (χ2v) is 8.90. The lowest BCUT2D eigenvalue weighted by atomic mass is 9.94. The van der Waals surface area contributed by atoms with Crippen LogP contribution in [0.4, 0.5) is 0 Å². The smallest absolute Gasteiger partial charge is 0.281 e. The first kappa shape index (κ1) is 17.1. The number of rotatable bonds is 4. The molecule has 2 fully saturated rings. The van der Waals surface area contributed by atoms with Crippen LogP contribution in [0.15, 0.2) is 0 Å². The molecule has 0 aromatic carbocycles. The van der Waals surface area contributed by atoms with Crippen molar-refractivity contribution >= 4 is 10.2 Å². The van der Waals surface area contributed by atoms with E-state index in [1.165, 1.54) is 4.31 Å². The molecule has 2 aliphatic rings. The standard InChI is InChI=1S/C14H28N2O4S/c1-12-8-13(2)10-16(9-12)21(18,19)15(3)11-14(17)4-6-20-7-5-14/h12-13,17H,4-11H2,1-3H3. The summed E-state index contributed by atoms with van der Waals surface area (Å²) in [5, 5.41) is 10.5. The minimum atomic E-state index is -3.50. The fraction of sp³-hybridized carbons (Fsp3) is 1.00. The molecule has 1 N–H and O–H groups in total. The maximum atomic E-state index is 12.7. The molecular formula is C14H28N2O4S. The fourth-order valence-electron chi connectivity index (χ4n) is 3.40. The average molecular weight is 320 g/mol. The molecule has 124 valence electrons. The Morgan fingerprint density at radius 1 is 1.24 bits per heavy atom.